The molecule has 3 heterocycles. The van der Waals surface area contributed by atoms with Crippen LogP contribution in [0.4, 0.5) is 28.6 Å². The Bertz CT molecular complexity index is 1530. The average molecular weight is 700 g/mol. The minimum Gasteiger partial charge on any atom is -0.491 e. The van der Waals surface area contributed by atoms with E-state index in [2.05, 4.69) is 51.3 Å². The van der Waals surface area contributed by atoms with Crippen LogP contribution in [-0.4, -0.2) is 22.9 Å². The molecule has 0 N–H and O–H groups in total. The van der Waals surface area contributed by atoms with Gasteiger partial charge in [-0.2, -0.15) is 66.4 Å². The Morgan fingerprint density at radius 1 is 0.700 bits per heavy atom. The molecule has 0 bridgehead atoms. The van der Waals surface area contributed by atoms with E-state index in [1.165, 1.54) is 0 Å². The van der Waals surface area contributed by atoms with Crippen molar-refractivity contribution >= 4 is 34.4 Å². The van der Waals surface area contributed by atoms with Crippen molar-refractivity contribution in [1.82, 2.24) is 9.97 Å². The fraction of sp³-hybridized carbons (Fsp3) is 0.0312. The SMILES string of the molecule is CN1[CH-]N(c2[c-]cccc2)c2cncnc21.[Ir].[c-]1ccccc1N1[CH-]N(c2ccccc2)C(c2ccccc2)=N1. The van der Waals surface area contributed by atoms with E-state index in [-0.39, 0.29) is 20.1 Å². The Labute approximate surface area is 248 Å². The van der Waals surface area contributed by atoms with E-state index in [1.54, 1.807) is 6.33 Å². The van der Waals surface area contributed by atoms with Crippen molar-refractivity contribution in [2.75, 3.05) is 26.8 Å². The second-order valence-corrected chi connectivity index (χ2v) is 8.78. The maximum absolute atomic E-state index is 4.78. The number of anilines is 5. The standard InChI is InChI=1S/C20H15N3.C12H10N4.Ir/c1-4-10-17(11-5-1)20-21-23(19-14-8-3-9-15-19)16-22(20)18-12-6-2-7-13-18;1-15-9-16(10-5-3-2-4-6-10)11-7-13-8-14-12(11)15;/h1-14,16H;2-5,7-9H,1H3;/q2*-2;. The summed E-state index contributed by atoms with van der Waals surface area (Å²) in [6.45, 7) is 3.97. The fourth-order valence-corrected chi connectivity index (χ4v) is 4.32. The summed E-state index contributed by atoms with van der Waals surface area (Å²) in [5, 5.41) is 6.63. The molecule has 0 fully saturated rings. The van der Waals surface area contributed by atoms with Gasteiger partial charge in [0.2, 0.25) is 0 Å². The molecule has 1 radical (unpaired) electrons. The first-order valence-electron chi connectivity index (χ1n) is 12.5. The van der Waals surface area contributed by atoms with Crippen LogP contribution in [0.15, 0.2) is 127 Å². The zero-order valence-electron chi connectivity index (χ0n) is 21.7. The molecule has 7 rings (SSSR count). The molecule has 5 aromatic rings. The summed E-state index contributed by atoms with van der Waals surface area (Å²) in [5.74, 6) is 1.81. The summed E-state index contributed by atoms with van der Waals surface area (Å²) in [7, 11) is 1.97. The summed E-state index contributed by atoms with van der Waals surface area (Å²) in [4.78, 5) is 14.4. The molecule has 0 aliphatic carbocycles. The Morgan fingerprint density at radius 3 is 2.02 bits per heavy atom. The molecule has 2 aliphatic heterocycles. The molecule has 0 amide bonds. The van der Waals surface area contributed by atoms with Crippen molar-refractivity contribution in [3.63, 3.8) is 0 Å². The van der Waals surface area contributed by atoms with E-state index in [1.807, 2.05) is 126 Å². The van der Waals surface area contributed by atoms with Gasteiger partial charge in [0.25, 0.3) is 0 Å². The zero-order valence-corrected chi connectivity index (χ0v) is 24.1. The number of rotatable bonds is 4. The quantitative estimate of drug-likeness (QED) is 0.206. The van der Waals surface area contributed by atoms with E-state index in [0.717, 1.165) is 40.0 Å². The summed E-state index contributed by atoms with van der Waals surface area (Å²) in [6.07, 6.45) is 3.37. The second kappa shape index (κ2) is 12.6. The van der Waals surface area contributed by atoms with Crippen LogP contribution in [0.2, 0.25) is 0 Å². The number of nitrogens with zero attached hydrogens (tertiary/aromatic N) is 7. The minimum absolute atomic E-state index is 0. The molecule has 7 nitrogen and oxygen atoms in total. The van der Waals surface area contributed by atoms with Crippen LogP contribution >= 0.6 is 0 Å². The molecular weight excluding hydrogens is 675 g/mol. The van der Waals surface area contributed by atoms with Crippen molar-refractivity contribution in [2.45, 2.75) is 0 Å². The van der Waals surface area contributed by atoms with Crippen molar-refractivity contribution in [3.8, 4) is 0 Å². The molecule has 0 unspecified atom stereocenters. The number of hydrogen-bond donors (Lipinski definition) is 0. The van der Waals surface area contributed by atoms with Crippen LogP contribution < -0.4 is 19.7 Å². The number of amidine groups is 1. The van der Waals surface area contributed by atoms with Gasteiger partial charge in [-0.25, -0.2) is 9.97 Å². The average Bonchev–Trinajstić information content (AvgIpc) is 3.62. The first-order chi connectivity index (χ1) is 19.3. The summed E-state index contributed by atoms with van der Waals surface area (Å²) >= 11 is 0. The number of benzene rings is 4. The van der Waals surface area contributed by atoms with Crippen molar-refractivity contribution in [1.29, 1.82) is 0 Å². The van der Waals surface area contributed by atoms with Gasteiger partial charge in [0.1, 0.15) is 18.0 Å². The third-order valence-electron chi connectivity index (χ3n) is 6.17. The van der Waals surface area contributed by atoms with Gasteiger partial charge in [0.05, 0.1) is 11.9 Å². The van der Waals surface area contributed by atoms with E-state index >= 15 is 0 Å². The largest absolute Gasteiger partial charge is 0.491 e. The topological polar surface area (TPSA) is 51.1 Å². The molecule has 40 heavy (non-hydrogen) atoms. The molecule has 8 heteroatoms. The van der Waals surface area contributed by atoms with Gasteiger partial charge in [-0.1, -0.05) is 54.2 Å². The van der Waals surface area contributed by atoms with Crippen LogP contribution in [0.3, 0.4) is 0 Å². The van der Waals surface area contributed by atoms with Gasteiger partial charge in [0, 0.05) is 31.4 Å². The molecule has 1 aromatic heterocycles. The monoisotopic (exact) mass is 700 g/mol. The van der Waals surface area contributed by atoms with E-state index < -0.39 is 0 Å². The third-order valence-corrected chi connectivity index (χ3v) is 6.17. The first-order valence-corrected chi connectivity index (χ1v) is 12.5. The molecule has 0 saturated carbocycles. The smallest absolute Gasteiger partial charge is 0.129 e. The molecule has 2 aliphatic rings. The molecule has 0 saturated heterocycles. The van der Waals surface area contributed by atoms with Gasteiger partial charge in [-0.3, -0.25) is 0 Å². The minimum atomic E-state index is 0. The van der Waals surface area contributed by atoms with E-state index in [9.17, 15) is 0 Å². The molecule has 0 atom stereocenters. The van der Waals surface area contributed by atoms with Crippen molar-refractivity contribution < 1.29 is 20.1 Å². The van der Waals surface area contributed by atoms with Gasteiger partial charge in [-0.05, 0) is 19.2 Å². The van der Waals surface area contributed by atoms with Gasteiger partial charge in [0.15, 0.2) is 0 Å². The normalized spacial score (nSPS) is 13.7. The van der Waals surface area contributed by atoms with Crippen LogP contribution in [-0.2, 0) is 20.1 Å². The van der Waals surface area contributed by atoms with Gasteiger partial charge in [-0.15, -0.1) is 18.4 Å². The Balaban J connectivity index is 0.000000167. The maximum Gasteiger partial charge on any atom is 0.129 e. The Morgan fingerprint density at radius 2 is 1.35 bits per heavy atom. The van der Waals surface area contributed by atoms with Gasteiger partial charge >= 0.3 is 0 Å². The van der Waals surface area contributed by atoms with Crippen molar-refractivity contribution in [3.05, 3.63) is 153 Å². The predicted octanol–water partition coefficient (Wildman–Crippen LogP) is 6.28. The summed E-state index contributed by atoms with van der Waals surface area (Å²) in [6, 6.07) is 42.5. The summed E-state index contributed by atoms with van der Waals surface area (Å²) in [5.41, 5.74) is 5.04. The first kappa shape index (κ1) is 27.1. The number of para-hydroxylation sites is 3. The predicted molar refractivity (Wildman–Crippen MR) is 156 cm³/mol. The Kier molecular flexibility index (Phi) is 8.49. The van der Waals surface area contributed by atoms with Gasteiger partial charge < -0.3 is 19.7 Å². The van der Waals surface area contributed by atoms with Crippen LogP contribution in [0, 0.1) is 25.5 Å². The third kappa shape index (κ3) is 5.73. The summed E-state index contributed by atoms with van der Waals surface area (Å²) < 4.78 is 0. The van der Waals surface area contributed by atoms with Crippen LogP contribution in [0.5, 0.6) is 0 Å². The molecule has 4 aromatic carbocycles. The van der Waals surface area contributed by atoms with E-state index in [0.29, 0.717) is 0 Å². The number of hydrogen-bond acceptors (Lipinski definition) is 7. The van der Waals surface area contributed by atoms with E-state index in [4.69, 9.17) is 5.10 Å². The molecule has 201 valence electrons. The number of fused-ring (bicyclic) bond motifs is 1. The Hall–Kier alpha value is -4.52. The maximum atomic E-state index is 4.78. The number of aromatic nitrogens is 2. The fourth-order valence-electron chi connectivity index (χ4n) is 4.32. The number of hydrazone groups is 1. The van der Waals surface area contributed by atoms with Crippen LogP contribution in [0.25, 0.3) is 0 Å². The molecular formula is C32H25IrN7-4. The zero-order chi connectivity index (χ0) is 26.4. The molecule has 0 spiro atoms. The second-order valence-electron chi connectivity index (χ2n) is 8.78. The van der Waals surface area contributed by atoms with Crippen molar-refractivity contribution in [2.24, 2.45) is 5.10 Å². The van der Waals surface area contributed by atoms with Crippen LogP contribution in [0.1, 0.15) is 5.56 Å².